The number of likely N-dealkylation sites (N-methyl/N-ethyl adjacent to an activating group) is 1. The molecule has 1 aromatic heterocycles. The highest BCUT2D eigenvalue weighted by Crippen LogP contribution is 2.37. The summed E-state index contributed by atoms with van der Waals surface area (Å²) in [6.07, 6.45) is -8.57. The van der Waals surface area contributed by atoms with Crippen molar-refractivity contribution in [1.82, 2.24) is 9.47 Å². The molecule has 0 bridgehead atoms. The van der Waals surface area contributed by atoms with Gasteiger partial charge in [-0.15, -0.1) is 0 Å². The first-order valence-corrected chi connectivity index (χ1v) is 13.0. The smallest absolute Gasteiger partial charge is 0.416 e. The van der Waals surface area contributed by atoms with Gasteiger partial charge in [-0.3, -0.25) is 9.59 Å². The standard InChI is InChI=1S/C30H27F6N3O4/c1-38-16-18(23-5-3-4-6-25(23)38)13-21(7-10-27(42)37-24-9-8-22(40)15-26(24)41)39(2)28(43)17-11-19(29(31,32)33)14-20(12-17)30(34,35)36/h3-6,8-9,11-12,14-16,21,40-41H,7,10,13H2,1-2H3,(H,37,42). The van der Waals surface area contributed by atoms with Gasteiger partial charge in [-0.25, -0.2) is 0 Å². The third-order valence-electron chi connectivity index (χ3n) is 7.10. The SMILES string of the molecule is CN(C(=O)c1cc(C(F)(F)F)cc(C(F)(F)F)c1)C(CCC(=O)Nc1ccc(O)cc1O)Cc1cn(C)c2ccccc12. The van der Waals surface area contributed by atoms with Crippen molar-refractivity contribution in [1.29, 1.82) is 0 Å². The summed E-state index contributed by atoms with van der Waals surface area (Å²) in [5.41, 5.74) is -2.40. The second-order valence-electron chi connectivity index (χ2n) is 10.1. The van der Waals surface area contributed by atoms with Gasteiger partial charge in [0, 0.05) is 55.3 Å². The fourth-order valence-electron chi connectivity index (χ4n) is 4.86. The molecule has 0 saturated heterocycles. The van der Waals surface area contributed by atoms with E-state index in [1.165, 1.54) is 19.2 Å². The van der Waals surface area contributed by atoms with Gasteiger partial charge in [0.25, 0.3) is 5.91 Å². The average Bonchev–Trinajstić information content (AvgIpc) is 3.25. The maximum absolute atomic E-state index is 13.5. The van der Waals surface area contributed by atoms with Crippen molar-refractivity contribution in [3.05, 3.63) is 89.1 Å². The molecule has 2 amide bonds. The fourth-order valence-corrected chi connectivity index (χ4v) is 4.86. The number of carbonyl (C=O) groups excluding carboxylic acids is 2. The lowest BCUT2D eigenvalue weighted by Gasteiger charge is -2.29. The van der Waals surface area contributed by atoms with Crippen LogP contribution in [0.4, 0.5) is 32.0 Å². The van der Waals surface area contributed by atoms with Crippen LogP contribution in [0.2, 0.25) is 0 Å². The molecule has 3 aromatic carbocycles. The summed E-state index contributed by atoms with van der Waals surface area (Å²) in [7, 11) is 3.06. The Bertz CT molecular complexity index is 1630. The van der Waals surface area contributed by atoms with Crippen molar-refractivity contribution in [3.8, 4) is 11.5 Å². The van der Waals surface area contributed by atoms with E-state index in [1.54, 1.807) is 19.3 Å². The minimum atomic E-state index is -5.13. The lowest BCUT2D eigenvalue weighted by molar-refractivity contribution is -0.143. The number of anilines is 1. The monoisotopic (exact) mass is 607 g/mol. The first-order valence-electron chi connectivity index (χ1n) is 13.0. The van der Waals surface area contributed by atoms with Crippen LogP contribution in [0.1, 0.15) is 39.9 Å². The van der Waals surface area contributed by atoms with Gasteiger partial charge in [-0.05, 0) is 54.8 Å². The van der Waals surface area contributed by atoms with Crippen LogP contribution < -0.4 is 5.32 Å². The van der Waals surface area contributed by atoms with E-state index in [1.807, 2.05) is 22.8 Å². The van der Waals surface area contributed by atoms with E-state index in [2.05, 4.69) is 5.32 Å². The zero-order valence-corrected chi connectivity index (χ0v) is 22.9. The Morgan fingerprint density at radius 3 is 2.16 bits per heavy atom. The van der Waals surface area contributed by atoms with Gasteiger partial charge in [-0.1, -0.05) is 18.2 Å². The Labute approximate surface area is 242 Å². The Balaban J connectivity index is 1.66. The summed E-state index contributed by atoms with van der Waals surface area (Å²) in [6.45, 7) is 0. The number of benzene rings is 3. The molecule has 228 valence electrons. The molecule has 0 spiro atoms. The van der Waals surface area contributed by atoms with Crippen LogP contribution >= 0.6 is 0 Å². The number of aromatic nitrogens is 1. The second kappa shape index (κ2) is 11.9. The number of amides is 2. The molecule has 0 fully saturated rings. The van der Waals surface area contributed by atoms with Crippen LogP contribution in [0.3, 0.4) is 0 Å². The molecule has 0 radical (unpaired) electrons. The summed E-state index contributed by atoms with van der Waals surface area (Å²) in [5.74, 6) is -2.28. The highest BCUT2D eigenvalue weighted by Gasteiger charge is 2.38. The van der Waals surface area contributed by atoms with Gasteiger partial charge in [0.05, 0.1) is 16.8 Å². The molecule has 0 aliphatic carbocycles. The summed E-state index contributed by atoms with van der Waals surface area (Å²) < 4.78 is 82.6. The topological polar surface area (TPSA) is 94.8 Å². The number of fused-ring (bicyclic) bond motifs is 1. The predicted octanol–water partition coefficient (Wildman–Crippen LogP) is 6.73. The van der Waals surface area contributed by atoms with Crippen LogP contribution in [0, 0.1) is 0 Å². The molecule has 0 aliphatic rings. The number of phenols is 2. The predicted molar refractivity (Wildman–Crippen MR) is 147 cm³/mol. The molecule has 3 N–H and O–H groups in total. The van der Waals surface area contributed by atoms with Gasteiger partial charge in [0.2, 0.25) is 5.91 Å². The van der Waals surface area contributed by atoms with Crippen molar-refractivity contribution in [2.24, 2.45) is 7.05 Å². The third-order valence-corrected chi connectivity index (χ3v) is 7.10. The number of para-hydroxylation sites is 1. The summed E-state index contributed by atoms with van der Waals surface area (Å²) in [4.78, 5) is 27.2. The quantitative estimate of drug-likeness (QED) is 0.118. The van der Waals surface area contributed by atoms with Gasteiger partial charge in [-0.2, -0.15) is 26.3 Å². The van der Waals surface area contributed by atoms with Crippen molar-refractivity contribution < 1.29 is 46.1 Å². The average molecular weight is 608 g/mol. The molecule has 0 aliphatic heterocycles. The number of nitrogens with one attached hydrogen (secondary N) is 1. The number of hydrogen-bond donors (Lipinski definition) is 3. The molecule has 13 heteroatoms. The number of halogens is 6. The van der Waals surface area contributed by atoms with Crippen LogP contribution in [0.5, 0.6) is 11.5 Å². The number of nitrogens with zero attached hydrogens (tertiary/aromatic N) is 2. The normalized spacial score (nSPS) is 12.7. The Morgan fingerprint density at radius 2 is 1.56 bits per heavy atom. The van der Waals surface area contributed by atoms with Crippen LogP contribution in [-0.2, 0) is 30.6 Å². The van der Waals surface area contributed by atoms with E-state index in [0.717, 1.165) is 27.4 Å². The molecule has 4 aromatic rings. The Morgan fingerprint density at radius 1 is 0.930 bits per heavy atom. The molecular formula is C30H27F6N3O4. The first-order chi connectivity index (χ1) is 20.0. The summed E-state index contributed by atoms with van der Waals surface area (Å²) in [5, 5.41) is 22.7. The van der Waals surface area contributed by atoms with E-state index < -0.39 is 52.6 Å². The lowest BCUT2D eigenvalue weighted by Crippen LogP contribution is -2.39. The highest BCUT2D eigenvalue weighted by molar-refractivity contribution is 5.95. The first kappa shape index (κ1) is 31.3. The molecule has 7 nitrogen and oxygen atoms in total. The van der Waals surface area contributed by atoms with Gasteiger partial charge in [0.1, 0.15) is 11.5 Å². The number of aromatic hydroxyl groups is 2. The molecule has 43 heavy (non-hydrogen) atoms. The maximum Gasteiger partial charge on any atom is 0.416 e. The molecular weight excluding hydrogens is 580 g/mol. The van der Waals surface area contributed by atoms with Crippen molar-refractivity contribution in [2.45, 2.75) is 37.7 Å². The van der Waals surface area contributed by atoms with Gasteiger partial charge in [0.15, 0.2) is 0 Å². The van der Waals surface area contributed by atoms with Crippen LogP contribution in [0.15, 0.2) is 66.9 Å². The van der Waals surface area contributed by atoms with E-state index in [4.69, 9.17) is 0 Å². The largest absolute Gasteiger partial charge is 0.508 e. The minimum absolute atomic E-state index is 0.0153. The Kier molecular flexibility index (Phi) is 8.65. The fraction of sp³-hybridized carbons (Fsp3) is 0.267. The molecule has 0 saturated carbocycles. The van der Waals surface area contributed by atoms with Crippen molar-refractivity contribution >= 4 is 28.4 Å². The van der Waals surface area contributed by atoms with E-state index in [0.29, 0.717) is 12.1 Å². The highest BCUT2D eigenvalue weighted by atomic mass is 19.4. The van der Waals surface area contributed by atoms with E-state index in [-0.39, 0.29) is 36.8 Å². The number of phenolic OH excluding ortho intramolecular Hbond substituents is 2. The number of carbonyl (C=O) groups is 2. The second-order valence-corrected chi connectivity index (χ2v) is 10.1. The molecule has 1 atom stereocenters. The minimum Gasteiger partial charge on any atom is -0.508 e. The van der Waals surface area contributed by atoms with E-state index >= 15 is 0 Å². The van der Waals surface area contributed by atoms with Crippen molar-refractivity contribution in [2.75, 3.05) is 12.4 Å². The molecule has 4 rings (SSSR count). The Hall–Kier alpha value is -4.68. The van der Waals surface area contributed by atoms with Gasteiger partial charge >= 0.3 is 12.4 Å². The molecule has 1 heterocycles. The number of aryl methyl sites for hydroxylation is 1. The zero-order valence-electron chi connectivity index (χ0n) is 22.9. The summed E-state index contributed by atoms with van der Waals surface area (Å²) >= 11 is 0. The maximum atomic E-state index is 13.5. The van der Waals surface area contributed by atoms with Crippen LogP contribution in [0.25, 0.3) is 10.9 Å². The molecule has 1 unspecified atom stereocenters. The number of rotatable bonds is 8. The number of hydrogen-bond acceptors (Lipinski definition) is 4. The van der Waals surface area contributed by atoms with E-state index in [9.17, 15) is 46.1 Å². The van der Waals surface area contributed by atoms with Crippen LogP contribution in [-0.4, -0.2) is 44.6 Å². The summed E-state index contributed by atoms with van der Waals surface area (Å²) in [6, 6.07) is 10.8. The zero-order chi connectivity index (χ0) is 31.7. The third kappa shape index (κ3) is 7.22. The van der Waals surface area contributed by atoms with Crippen molar-refractivity contribution in [3.63, 3.8) is 0 Å². The van der Waals surface area contributed by atoms with Gasteiger partial charge < -0.3 is 25.0 Å². The number of alkyl halides is 6. The lowest BCUT2D eigenvalue weighted by atomic mass is 9.98.